The summed E-state index contributed by atoms with van der Waals surface area (Å²) < 4.78 is 1.22. The SMILES string of the molecule is CSc1cc(CO)c(N)c2ccsc12. The minimum atomic E-state index is 0.00514. The number of aliphatic hydroxyl groups excluding tert-OH is 1. The lowest BCUT2D eigenvalue weighted by Crippen LogP contribution is -1.95. The first-order valence-electron chi connectivity index (χ1n) is 4.21. The van der Waals surface area contributed by atoms with Crippen molar-refractivity contribution in [3.63, 3.8) is 0 Å². The Balaban J connectivity index is 2.80. The van der Waals surface area contributed by atoms with Crippen LogP contribution in [0.25, 0.3) is 10.1 Å². The molecule has 0 spiro atoms. The fraction of sp³-hybridized carbons (Fsp3) is 0.200. The van der Waals surface area contributed by atoms with Crippen molar-refractivity contribution in [3.05, 3.63) is 23.1 Å². The van der Waals surface area contributed by atoms with Crippen LogP contribution in [0.3, 0.4) is 0 Å². The van der Waals surface area contributed by atoms with E-state index in [2.05, 4.69) is 0 Å². The molecule has 2 aromatic rings. The van der Waals surface area contributed by atoms with E-state index in [0.717, 1.165) is 10.9 Å². The van der Waals surface area contributed by atoms with Gasteiger partial charge in [-0.3, -0.25) is 0 Å². The molecule has 14 heavy (non-hydrogen) atoms. The van der Waals surface area contributed by atoms with Gasteiger partial charge in [-0.05, 0) is 23.8 Å². The minimum Gasteiger partial charge on any atom is -0.398 e. The molecule has 0 atom stereocenters. The zero-order valence-electron chi connectivity index (χ0n) is 7.78. The van der Waals surface area contributed by atoms with E-state index in [9.17, 15) is 0 Å². The van der Waals surface area contributed by atoms with Crippen LogP contribution in [0.1, 0.15) is 5.56 Å². The van der Waals surface area contributed by atoms with Gasteiger partial charge < -0.3 is 10.8 Å². The predicted molar refractivity (Wildman–Crippen MR) is 63.9 cm³/mol. The van der Waals surface area contributed by atoms with Crippen LogP contribution in [0, 0.1) is 0 Å². The number of aliphatic hydroxyl groups is 1. The van der Waals surface area contributed by atoms with Gasteiger partial charge in [-0.1, -0.05) is 0 Å². The molecular formula is C10H11NOS2. The molecule has 0 unspecified atom stereocenters. The molecule has 2 rings (SSSR count). The van der Waals surface area contributed by atoms with E-state index in [-0.39, 0.29) is 6.61 Å². The summed E-state index contributed by atoms with van der Waals surface area (Å²) in [5, 5.41) is 12.2. The first-order chi connectivity index (χ1) is 6.77. The molecule has 0 bridgehead atoms. The highest BCUT2D eigenvalue weighted by molar-refractivity contribution is 7.99. The molecule has 1 aromatic carbocycles. The van der Waals surface area contributed by atoms with Crippen molar-refractivity contribution in [2.75, 3.05) is 12.0 Å². The van der Waals surface area contributed by atoms with Crippen molar-refractivity contribution in [2.24, 2.45) is 0 Å². The number of hydrogen-bond acceptors (Lipinski definition) is 4. The van der Waals surface area contributed by atoms with Gasteiger partial charge in [0.15, 0.2) is 0 Å². The highest BCUT2D eigenvalue weighted by Gasteiger charge is 2.09. The van der Waals surface area contributed by atoms with Gasteiger partial charge in [-0.2, -0.15) is 0 Å². The molecule has 0 saturated heterocycles. The number of rotatable bonds is 2. The molecule has 0 aliphatic rings. The number of nitrogen functional groups attached to an aromatic ring is 1. The molecule has 4 heteroatoms. The lowest BCUT2D eigenvalue weighted by molar-refractivity contribution is 0.282. The van der Waals surface area contributed by atoms with E-state index in [1.807, 2.05) is 23.8 Å². The van der Waals surface area contributed by atoms with Crippen molar-refractivity contribution < 1.29 is 5.11 Å². The Kier molecular flexibility index (Phi) is 2.67. The van der Waals surface area contributed by atoms with Crippen LogP contribution < -0.4 is 5.73 Å². The summed E-state index contributed by atoms with van der Waals surface area (Å²) in [5.74, 6) is 0. The summed E-state index contributed by atoms with van der Waals surface area (Å²) in [4.78, 5) is 1.19. The summed E-state index contributed by atoms with van der Waals surface area (Å²) in [6, 6.07) is 3.98. The van der Waals surface area contributed by atoms with E-state index in [0.29, 0.717) is 5.69 Å². The molecule has 1 aromatic heterocycles. The number of thioether (sulfide) groups is 1. The first kappa shape index (κ1) is 9.83. The zero-order valence-corrected chi connectivity index (χ0v) is 9.41. The fourth-order valence-corrected chi connectivity index (χ4v) is 3.24. The third-order valence-electron chi connectivity index (χ3n) is 2.22. The summed E-state index contributed by atoms with van der Waals surface area (Å²) in [6.07, 6.45) is 2.03. The van der Waals surface area contributed by atoms with Crippen LogP contribution in [0.5, 0.6) is 0 Å². The molecule has 3 N–H and O–H groups in total. The second-order valence-corrected chi connectivity index (χ2v) is 4.74. The van der Waals surface area contributed by atoms with Crippen LogP contribution in [0.4, 0.5) is 5.69 Å². The van der Waals surface area contributed by atoms with Crippen LogP contribution in [-0.4, -0.2) is 11.4 Å². The Labute approximate surface area is 90.7 Å². The third kappa shape index (κ3) is 1.39. The molecule has 0 radical (unpaired) electrons. The average Bonchev–Trinajstić information content (AvgIpc) is 2.68. The Hall–Kier alpha value is -0.710. The number of hydrogen-bond donors (Lipinski definition) is 2. The topological polar surface area (TPSA) is 46.2 Å². The van der Waals surface area contributed by atoms with Crippen molar-refractivity contribution in [3.8, 4) is 0 Å². The minimum absolute atomic E-state index is 0.00514. The number of nitrogens with two attached hydrogens (primary N) is 1. The smallest absolute Gasteiger partial charge is 0.0702 e. The summed E-state index contributed by atoms with van der Waals surface area (Å²) in [6.45, 7) is 0.00514. The van der Waals surface area contributed by atoms with Crippen molar-refractivity contribution in [2.45, 2.75) is 11.5 Å². The fourth-order valence-electron chi connectivity index (χ4n) is 1.47. The van der Waals surface area contributed by atoms with Crippen LogP contribution >= 0.6 is 23.1 Å². The molecule has 0 aliphatic heterocycles. The normalized spacial score (nSPS) is 11.0. The maximum Gasteiger partial charge on any atom is 0.0702 e. The van der Waals surface area contributed by atoms with E-state index in [1.165, 1.54) is 9.60 Å². The van der Waals surface area contributed by atoms with E-state index in [1.54, 1.807) is 23.1 Å². The first-order valence-corrected chi connectivity index (χ1v) is 6.31. The lowest BCUT2D eigenvalue weighted by Gasteiger charge is -2.07. The van der Waals surface area contributed by atoms with Gasteiger partial charge in [0.25, 0.3) is 0 Å². The molecular weight excluding hydrogens is 214 g/mol. The van der Waals surface area contributed by atoms with Gasteiger partial charge in [0.05, 0.1) is 6.61 Å². The number of benzene rings is 1. The predicted octanol–water partition coefficient (Wildman–Crippen LogP) is 2.70. The van der Waals surface area contributed by atoms with Gasteiger partial charge >= 0.3 is 0 Å². The van der Waals surface area contributed by atoms with Gasteiger partial charge in [-0.15, -0.1) is 23.1 Å². The average molecular weight is 225 g/mol. The van der Waals surface area contributed by atoms with Gasteiger partial charge in [-0.25, -0.2) is 0 Å². The summed E-state index contributed by atoms with van der Waals surface area (Å²) in [5.41, 5.74) is 7.46. The van der Waals surface area contributed by atoms with Gasteiger partial charge in [0, 0.05) is 26.2 Å². The molecule has 0 saturated carbocycles. The number of anilines is 1. The largest absolute Gasteiger partial charge is 0.398 e. The monoisotopic (exact) mass is 225 g/mol. The summed E-state index contributed by atoms with van der Waals surface area (Å²) in [7, 11) is 0. The van der Waals surface area contributed by atoms with E-state index < -0.39 is 0 Å². The van der Waals surface area contributed by atoms with Gasteiger partial charge in [0.1, 0.15) is 0 Å². The Morgan fingerprint density at radius 2 is 2.36 bits per heavy atom. The van der Waals surface area contributed by atoms with Gasteiger partial charge in [0.2, 0.25) is 0 Å². The second-order valence-electron chi connectivity index (χ2n) is 2.97. The van der Waals surface area contributed by atoms with Crippen LogP contribution in [-0.2, 0) is 6.61 Å². The standard InChI is InChI=1S/C10H11NOS2/c1-13-8-4-6(5-12)9(11)7-2-3-14-10(7)8/h2-4,12H,5,11H2,1H3. The third-order valence-corrected chi connectivity index (χ3v) is 4.06. The summed E-state index contributed by atoms with van der Waals surface area (Å²) >= 11 is 3.37. The van der Waals surface area contributed by atoms with Crippen molar-refractivity contribution >= 4 is 38.9 Å². The number of thiophene rings is 1. The molecule has 2 nitrogen and oxygen atoms in total. The lowest BCUT2D eigenvalue weighted by atomic mass is 10.1. The van der Waals surface area contributed by atoms with E-state index >= 15 is 0 Å². The molecule has 0 fully saturated rings. The second kappa shape index (κ2) is 3.81. The maximum absolute atomic E-state index is 9.15. The highest BCUT2D eigenvalue weighted by atomic mass is 32.2. The van der Waals surface area contributed by atoms with Crippen molar-refractivity contribution in [1.82, 2.24) is 0 Å². The Bertz CT molecular complexity index is 464. The maximum atomic E-state index is 9.15. The number of fused-ring (bicyclic) bond motifs is 1. The van der Waals surface area contributed by atoms with Crippen molar-refractivity contribution in [1.29, 1.82) is 0 Å². The highest BCUT2D eigenvalue weighted by Crippen LogP contribution is 2.36. The zero-order chi connectivity index (χ0) is 10.1. The Morgan fingerprint density at radius 3 is 3.00 bits per heavy atom. The van der Waals surface area contributed by atoms with Crippen LogP contribution in [0.2, 0.25) is 0 Å². The molecule has 1 heterocycles. The molecule has 0 amide bonds. The van der Waals surface area contributed by atoms with Crippen LogP contribution in [0.15, 0.2) is 22.4 Å². The Morgan fingerprint density at radius 1 is 1.57 bits per heavy atom. The van der Waals surface area contributed by atoms with E-state index in [4.69, 9.17) is 10.8 Å². The molecule has 0 aliphatic carbocycles. The quantitative estimate of drug-likeness (QED) is 0.610. The molecule has 74 valence electrons.